The van der Waals surface area contributed by atoms with Crippen LogP contribution in [0.25, 0.3) is 0 Å². The Morgan fingerprint density at radius 3 is 2.40 bits per heavy atom. The van der Waals surface area contributed by atoms with Crippen molar-refractivity contribution in [3.8, 4) is 0 Å². The number of azo groups is 1. The van der Waals surface area contributed by atoms with Crippen molar-refractivity contribution in [2.75, 3.05) is 5.73 Å². The second-order valence-electron chi connectivity index (χ2n) is 4.61. The number of nitrogens with zero attached hydrogens (tertiary/aromatic N) is 2. The van der Waals surface area contributed by atoms with Gasteiger partial charge in [-0.05, 0) is 44.4 Å². The topological polar surface area (TPSA) is 64.5 Å². The zero-order chi connectivity index (χ0) is 11.6. The lowest BCUT2D eigenvalue weighted by atomic mass is 10.1. The smallest absolute Gasteiger partial charge is 0.267 e. The highest BCUT2D eigenvalue weighted by atomic mass is 16.5. The summed E-state index contributed by atoms with van der Waals surface area (Å²) in [5, 5.41) is 15.6. The van der Waals surface area contributed by atoms with E-state index < -0.39 is 5.54 Å². The van der Waals surface area contributed by atoms with Crippen molar-refractivity contribution >= 4 is 11.4 Å². The third-order valence-corrected chi connectivity index (χ3v) is 1.78. The Hall–Kier alpha value is -1.58. The van der Waals surface area contributed by atoms with Crippen LogP contribution in [0.1, 0.15) is 26.3 Å². The molecule has 0 atom stereocenters. The second-order valence-corrected chi connectivity index (χ2v) is 4.61. The van der Waals surface area contributed by atoms with Gasteiger partial charge in [-0.25, -0.2) is 0 Å². The number of rotatable bonds is 1. The summed E-state index contributed by atoms with van der Waals surface area (Å²) in [6.45, 7) is 7.52. The number of benzene rings is 1. The van der Waals surface area contributed by atoms with Crippen molar-refractivity contribution in [1.29, 1.82) is 0 Å². The molecule has 0 unspecified atom stereocenters. The van der Waals surface area contributed by atoms with Crippen molar-refractivity contribution in [3.63, 3.8) is 0 Å². The fraction of sp³-hybridized carbons (Fsp3) is 0.455. The summed E-state index contributed by atoms with van der Waals surface area (Å²) < 4.78 is 0. The van der Waals surface area contributed by atoms with Crippen LogP contribution in [0.15, 0.2) is 23.3 Å². The number of hydrogen-bond donors (Lipinski definition) is 1. The maximum atomic E-state index is 11.7. The van der Waals surface area contributed by atoms with Crippen LogP contribution in [-0.2, 0) is 0 Å². The predicted molar refractivity (Wildman–Crippen MR) is 61.1 cm³/mol. The molecule has 1 aromatic rings. The first kappa shape index (κ1) is 11.5. The monoisotopic (exact) mass is 207 g/mol. The van der Waals surface area contributed by atoms with Crippen LogP contribution in [0.5, 0.6) is 0 Å². The standard InChI is InChI=1S/C11H17N3O/c1-8-5-6-10(9(12)7-8)14(15)13-11(2,3)4/h5-7H,12H2,1-4H3. The van der Waals surface area contributed by atoms with Gasteiger partial charge in [0, 0.05) is 6.07 Å². The number of aryl methyl sites for hydroxylation is 1. The average Bonchev–Trinajstić information content (AvgIpc) is 1.99. The van der Waals surface area contributed by atoms with Crippen LogP contribution in [0.3, 0.4) is 0 Å². The van der Waals surface area contributed by atoms with Crippen LogP contribution >= 0.6 is 0 Å². The molecule has 0 aliphatic rings. The van der Waals surface area contributed by atoms with Gasteiger partial charge >= 0.3 is 0 Å². The Labute approximate surface area is 90.0 Å². The quantitative estimate of drug-likeness (QED) is 0.333. The van der Waals surface area contributed by atoms with Gasteiger partial charge in [-0.15, -0.1) is 0 Å². The molecule has 0 fully saturated rings. The van der Waals surface area contributed by atoms with Gasteiger partial charge in [0.15, 0.2) is 0 Å². The minimum atomic E-state index is -0.404. The molecule has 0 amide bonds. The molecule has 0 heterocycles. The van der Waals surface area contributed by atoms with Crippen molar-refractivity contribution in [1.82, 2.24) is 0 Å². The molecule has 15 heavy (non-hydrogen) atoms. The van der Waals surface area contributed by atoms with Gasteiger partial charge in [0.1, 0.15) is 11.2 Å². The summed E-state index contributed by atoms with van der Waals surface area (Å²) in [6, 6.07) is 5.29. The summed E-state index contributed by atoms with van der Waals surface area (Å²) in [4.78, 5) is 0.592. The minimum absolute atomic E-state index is 0.399. The zero-order valence-electron chi connectivity index (χ0n) is 9.61. The van der Waals surface area contributed by atoms with E-state index in [9.17, 15) is 5.21 Å². The highest BCUT2D eigenvalue weighted by Gasteiger charge is 2.16. The van der Waals surface area contributed by atoms with Crippen molar-refractivity contribution in [2.45, 2.75) is 33.2 Å². The molecule has 0 saturated carbocycles. The van der Waals surface area contributed by atoms with Crippen LogP contribution in [0, 0.1) is 12.1 Å². The molecule has 0 aliphatic heterocycles. The van der Waals surface area contributed by atoms with Crippen molar-refractivity contribution in [3.05, 3.63) is 29.0 Å². The van der Waals surface area contributed by atoms with Crippen LogP contribution in [0.4, 0.5) is 11.4 Å². The molecule has 4 heteroatoms. The Kier molecular flexibility index (Phi) is 2.98. The van der Waals surface area contributed by atoms with Gasteiger partial charge in [-0.3, -0.25) is 0 Å². The van der Waals surface area contributed by atoms with E-state index in [0.717, 1.165) is 5.56 Å². The molecule has 0 saturated heterocycles. The van der Waals surface area contributed by atoms with Gasteiger partial charge in [0.2, 0.25) is 0 Å². The molecular weight excluding hydrogens is 190 g/mol. The van der Waals surface area contributed by atoms with Crippen LogP contribution in [-0.4, -0.2) is 10.4 Å². The molecular formula is C11H17N3O. The minimum Gasteiger partial charge on any atom is -0.594 e. The van der Waals surface area contributed by atoms with Gasteiger partial charge in [0.25, 0.3) is 5.69 Å². The summed E-state index contributed by atoms with van der Waals surface area (Å²) in [5.74, 6) is 0. The van der Waals surface area contributed by atoms with E-state index in [-0.39, 0.29) is 0 Å². The second kappa shape index (κ2) is 3.88. The Morgan fingerprint density at radius 2 is 1.93 bits per heavy atom. The first-order valence-corrected chi connectivity index (χ1v) is 4.86. The van der Waals surface area contributed by atoms with Gasteiger partial charge in [-0.2, -0.15) is 0 Å². The summed E-state index contributed by atoms with van der Waals surface area (Å²) >= 11 is 0. The molecule has 0 bridgehead atoms. The Morgan fingerprint density at radius 1 is 1.33 bits per heavy atom. The van der Waals surface area contributed by atoms with E-state index in [1.165, 1.54) is 0 Å². The normalized spacial score (nSPS) is 12.9. The van der Waals surface area contributed by atoms with Gasteiger partial charge in [0.05, 0.1) is 0 Å². The van der Waals surface area contributed by atoms with Crippen molar-refractivity contribution < 1.29 is 4.86 Å². The number of anilines is 1. The lowest BCUT2D eigenvalue weighted by Gasteiger charge is -2.10. The third kappa shape index (κ3) is 3.23. The Balaban J connectivity index is 3.12. The molecule has 0 spiro atoms. The first-order chi connectivity index (χ1) is 6.79. The highest BCUT2D eigenvalue weighted by Crippen LogP contribution is 2.23. The summed E-state index contributed by atoms with van der Waals surface area (Å²) in [6.07, 6.45) is 0. The molecule has 0 aliphatic carbocycles. The molecule has 82 valence electrons. The molecule has 0 aromatic heterocycles. The zero-order valence-corrected chi connectivity index (χ0v) is 9.61. The SMILES string of the molecule is Cc1ccc([N+]([O-])=NC(C)(C)C)c(N)c1. The van der Waals surface area contributed by atoms with Gasteiger partial charge in [-0.1, -0.05) is 10.9 Å². The lowest BCUT2D eigenvalue weighted by Crippen LogP contribution is -2.13. The molecule has 0 radical (unpaired) electrons. The van der Waals surface area contributed by atoms with E-state index in [1.807, 2.05) is 33.8 Å². The van der Waals surface area contributed by atoms with Crippen LogP contribution in [0.2, 0.25) is 0 Å². The lowest BCUT2D eigenvalue weighted by molar-refractivity contribution is -0.448. The molecule has 4 nitrogen and oxygen atoms in total. The molecule has 1 aromatic carbocycles. The van der Waals surface area contributed by atoms with E-state index in [2.05, 4.69) is 5.11 Å². The summed E-state index contributed by atoms with van der Waals surface area (Å²) in [7, 11) is 0. The molecule has 1 rings (SSSR count). The van der Waals surface area contributed by atoms with Crippen LogP contribution < -0.4 is 5.73 Å². The number of hydrogen-bond acceptors (Lipinski definition) is 3. The fourth-order valence-electron chi connectivity index (χ4n) is 1.17. The third-order valence-electron chi connectivity index (χ3n) is 1.78. The summed E-state index contributed by atoms with van der Waals surface area (Å²) in [5.41, 5.74) is 7.22. The number of nitrogens with two attached hydrogens (primary N) is 1. The number of nitrogen functional groups attached to an aromatic ring is 1. The Bertz CT molecular complexity index is 391. The predicted octanol–water partition coefficient (Wildman–Crippen LogP) is 2.97. The largest absolute Gasteiger partial charge is 0.594 e. The van der Waals surface area contributed by atoms with Crippen molar-refractivity contribution in [2.24, 2.45) is 5.11 Å². The maximum absolute atomic E-state index is 11.7. The average molecular weight is 207 g/mol. The van der Waals surface area contributed by atoms with Gasteiger partial charge < -0.3 is 10.9 Å². The first-order valence-electron chi connectivity index (χ1n) is 4.86. The highest BCUT2D eigenvalue weighted by molar-refractivity contribution is 5.58. The van der Waals surface area contributed by atoms with E-state index in [1.54, 1.807) is 12.1 Å². The fourth-order valence-corrected chi connectivity index (χ4v) is 1.17. The van der Waals surface area contributed by atoms with E-state index >= 15 is 0 Å². The van der Waals surface area contributed by atoms with E-state index in [4.69, 9.17) is 5.73 Å². The maximum Gasteiger partial charge on any atom is 0.267 e. The van der Waals surface area contributed by atoms with E-state index in [0.29, 0.717) is 16.2 Å². The molecule has 2 N–H and O–H groups in total.